The monoisotopic (exact) mass is 161 g/mol. The Labute approximate surface area is 62.1 Å². The zero-order valence-electron chi connectivity index (χ0n) is 6.10. The summed E-state index contributed by atoms with van der Waals surface area (Å²) in [6.45, 7) is 2.63. The molecule has 0 aliphatic carbocycles. The maximum absolute atomic E-state index is 5.28. The minimum atomic E-state index is -0.229. The molecule has 0 bridgehead atoms. The van der Waals surface area contributed by atoms with Gasteiger partial charge < -0.3 is 8.68 Å². The third-order valence-corrected chi connectivity index (χ3v) is 3.79. The van der Waals surface area contributed by atoms with Crippen molar-refractivity contribution in [3.8, 4) is 0 Å². The van der Waals surface area contributed by atoms with E-state index in [4.69, 9.17) is 4.12 Å². The highest BCUT2D eigenvalue weighted by molar-refractivity contribution is 6.31. The van der Waals surface area contributed by atoms with E-state index in [1.807, 2.05) is 0 Å². The Morgan fingerprint density at radius 3 is 2.44 bits per heavy atom. The van der Waals surface area contributed by atoms with Gasteiger partial charge in [-0.15, -0.1) is 0 Å². The summed E-state index contributed by atoms with van der Waals surface area (Å²) < 4.78 is 7.81. The van der Waals surface area contributed by atoms with Gasteiger partial charge in [0.1, 0.15) is 10.5 Å². The van der Waals surface area contributed by atoms with Gasteiger partial charge in [-0.25, -0.2) is 0 Å². The predicted octanol–water partition coefficient (Wildman–Crippen LogP) is -1.23. The van der Waals surface area contributed by atoms with Crippen LogP contribution in [0.25, 0.3) is 0 Å². The number of hydrogen-bond donors (Lipinski definition) is 0. The quantitative estimate of drug-likeness (QED) is 0.470. The van der Waals surface area contributed by atoms with Gasteiger partial charge in [0.25, 0.3) is 0 Å². The van der Waals surface area contributed by atoms with Crippen LogP contribution in [0.3, 0.4) is 0 Å². The Kier molecular flexibility index (Phi) is 3.49. The molecule has 0 aromatic rings. The lowest BCUT2D eigenvalue weighted by Gasteiger charge is -2.24. The first-order chi connectivity index (χ1) is 4.43. The molecule has 1 aliphatic rings. The van der Waals surface area contributed by atoms with Gasteiger partial charge in [-0.3, -0.25) is 0 Å². The second-order valence-electron chi connectivity index (χ2n) is 2.60. The molecule has 0 N–H and O–H groups in total. The molecule has 0 aromatic heterocycles. The summed E-state index contributed by atoms with van der Waals surface area (Å²) in [4.78, 5) is 0. The summed E-state index contributed by atoms with van der Waals surface area (Å²) >= 11 is 0. The molecule has 1 rings (SSSR count). The van der Waals surface area contributed by atoms with E-state index >= 15 is 0 Å². The van der Waals surface area contributed by atoms with Gasteiger partial charge in [0.15, 0.2) is 0 Å². The minimum Gasteiger partial charge on any atom is -0.457 e. The summed E-state index contributed by atoms with van der Waals surface area (Å²) in [6.07, 6.45) is 4.24. The molecular formula is C5H15NOSi2. The molecule has 0 unspecified atom stereocenters. The highest BCUT2D eigenvalue weighted by atomic mass is 28.3. The smallest absolute Gasteiger partial charge is 0.226 e. The fourth-order valence-electron chi connectivity index (χ4n) is 1.27. The topological polar surface area (TPSA) is 12.5 Å². The van der Waals surface area contributed by atoms with Crippen molar-refractivity contribution in [3.63, 3.8) is 0 Å². The van der Waals surface area contributed by atoms with Gasteiger partial charge in [-0.2, -0.15) is 0 Å². The lowest BCUT2D eigenvalue weighted by molar-refractivity contribution is 0.333. The van der Waals surface area contributed by atoms with Crippen LogP contribution in [0.5, 0.6) is 0 Å². The largest absolute Gasteiger partial charge is 0.457 e. The Morgan fingerprint density at radius 2 is 1.89 bits per heavy atom. The Hall–Kier alpha value is 0.354. The van der Waals surface area contributed by atoms with Crippen molar-refractivity contribution < 1.29 is 4.12 Å². The van der Waals surface area contributed by atoms with Gasteiger partial charge in [0.05, 0.1) is 0 Å². The molecule has 0 spiro atoms. The summed E-state index contributed by atoms with van der Waals surface area (Å²) in [5, 5.41) is 0. The van der Waals surface area contributed by atoms with Crippen LogP contribution in [-0.2, 0) is 4.12 Å². The third kappa shape index (κ3) is 2.62. The highest BCUT2D eigenvalue weighted by Crippen LogP contribution is 2.06. The number of piperidine rings is 1. The van der Waals surface area contributed by atoms with E-state index in [-0.39, 0.29) is 9.92 Å². The number of nitrogens with zero attached hydrogens (tertiary/aromatic N) is 1. The summed E-state index contributed by atoms with van der Waals surface area (Å²) in [5.41, 5.74) is 0. The Morgan fingerprint density at radius 1 is 1.22 bits per heavy atom. The van der Waals surface area contributed by atoms with Crippen LogP contribution >= 0.6 is 0 Å². The van der Waals surface area contributed by atoms with E-state index < -0.39 is 0 Å². The maximum atomic E-state index is 5.28. The van der Waals surface area contributed by atoms with E-state index in [0.717, 1.165) is 10.5 Å². The van der Waals surface area contributed by atoms with E-state index in [1.165, 1.54) is 32.4 Å². The van der Waals surface area contributed by atoms with Crippen molar-refractivity contribution >= 4 is 20.4 Å². The Balaban J connectivity index is 2.08. The zero-order valence-corrected chi connectivity index (χ0v) is 9.51. The summed E-state index contributed by atoms with van der Waals surface area (Å²) in [6, 6.07) is 0. The minimum absolute atomic E-state index is 0.229. The van der Waals surface area contributed by atoms with Gasteiger partial charge in [-0.1, -0.05) is 6.42 Å². The fraction of sp³-hybridized carbons (Fsp3) is 1.00. The Bertz CT molecular complexity index is 72.6. The van der Waals surface area contributed by atoms with E-state index in [0.29, 0.717) is 0 Å². The van der Waals surface area contributed by atoms with E-state index in [9.17, 15) is 0 Å². The van der Waals surface area contributed by atoms with Gasteiger partial charge in [0.2, 0.25) is 9.92 Å². The molecule has 0 aromatic carbocycles. The van der Waals surface area contributed by atoms with Crippen LogP contribution in [0, 0.1) is 0 Å². The fourth-order valence-corrected chi connectivity index (χ4v) is 3.44. The summed E-state index contributed by atoms with van der Waals surface area (Å²) in [7, 11) is 0.714. The number of rotatable bonds is 2. The average Bonchev–Trinajstić information content (AvgIpc) is 1.91. The molecule has 54 valence electrons. The molecule has 0 atom stereocenters. The van der Waals surface area contributed by atoms with Crippen LogP contribution in [0.1, 0.15) is 19.3 Å². The molecular weight excluding hydrogens is 146 g/mol. The van der Waals surface area contributed by atoms with Crippen molar-refractivity contribution in [2.24, 2.45) is 0 Å². The van der Waals surface area contributed by atoms with Crippen molar-refractivity contribution in [2.45, 2.75) is 19.3 Å². The predicted molar refractivity (Wildman–Crippen MR) is 45.0 cm³/mol. The number of hydrogen-bond acceptors (Lipinski definition) is 2. The van der Waals surface area contributed by atoms with Crippen molar-refractivity contribution in [1.29, 1.82) is 0 Å². The van der Waals surface area contributed by atoms with Gasteiger partial charge in [-0.05, 0) is 25.9 Å². The summed E-state index contributed by atoms with van der Waals surface area (Å²) in [5.74, 6) is 0. The lowest BCUT2D eigenvalue weighted by atomic mass is 10.2. The molecule has 0 amide bonds. The molecule has 0 saturated carbocycles. The van der Waals surface area contributed by atoms with Crippen LogP contribution in [-0.4, -0.2) is 38.1 Å². The molecule has 4 heteroatoms. The molecule has 2 nitrogen and oxygen atoms in total. The average molecular weight is 161 g/mol. The molecule has 0 radical (unpaired) electrons. The van der Waals surface area contributed by atoms with Crippen molar-refractivity contribution in [3.05, 3.63) is 0 Å². The standard InChI is InChI=1S/C5H15NOSi2/c8-7-9-6-4-2-1-3-5-6/h1-5,9H2,8H3. The SMILES string of the molecule is [SiH3]O[SiH2]N1CCCCC1. The first-order valence-corrected chi connectivity index (χ1v) is 5.67. The molecule has 1 heterocycles. The lowest BCUT2D eigenvalue weighted by Crippen LogP contribution is -2.34. The zero-order chi connectivity index (χ0) is 6.53. The van der Waals surface area contributed by atoms with E-state index in [1.54, 1.807) is 0 Å². The van der Waals surface area contributed by atoms with Crippen LogP contribution < -0.4 is 0 Å². The first kappa shape index (κ1) is 7.46. The molecule has 1 fully saturated rings. The van der Waals surface area contributed by atoms with Crippen LogP contribution in [0.15, 0.2) is 0 Å². The maximum Gasteiger partial charge on any atom is 0.226 e. The van der Waals surface area contributed by atoms with Crippen molar-refractivity contribution in [2.75, 3.05) is 13.1 Å². The second-order valence-corrected chi connectivity index (χ2v) is 6.06. The normalized spacial score (nSPS) is 24.0. The molecule has 1 aliphatic heterocycles. The first-order valence-electron chi connectivity index (χ1n) is 3.65. The molecule has 9 heavy (non-hydrogen) atoms. The van der Waals surface area contributed by atoms with E-state index in [2.05, 4.69) is 4.57 Å². The third-order valence-electron chi connectivity index (χ3n) is 1.76. The van der Waals surface area contributed by atoms with Gasteiger partial charge >= 0.3 is 0 Å². The molecule has 1 saturated heterocycles. The van der Waals surface area contributed by atoms with Gasteiger partial charge in [0, 0.05) is 0 Å². The van der Waals surface area contributed by atoms with Crippen LogP contribution in [0.2, 0.25) is 0 Å². The second kappa shape index (κ2) is 4.21. The highest BCUT2D eigenvalue weighted by Gasteiger charge is 2.08. The van der Waals surface area contributed by atoms with Crippen LogP contribution in [0.4, 0.5) is 0 Å². The van der Waals surface area contributed by atoms with Crippen molar-refractivity contribution in [1.82, 2.24) is 4.57 Å².